The van der Waals surface area contributed by atoms with E-state index in [1.54, 1.807) is 0 Å². The Morgan fingerprint density at radius 2 is 1.85 bits per heavy atom. The van der Waals surface area contributed by atoms with Crippen molar-refractivity contribution in [1.82, 2.24) is 10.3 Å². The molecule has 2 N–H and O–H groups in total. The van der Waals surface area contributed by atoms with E-state index in [1.807, 2.05) is 66.6 Å². The smallest absolute Gasteiger partial charge is 0.170 e. The Hall–Kier alpha value is -1.59. The number of anilines is 1. The summed E-state index contributed by atoms with van der Waals surface area (Å²) in [6, 6.07) is 14.0. The molecule has 0 fully saturated rings. The summed E-state index contributed by atoms with van der Waals surface area (Å²) in [6.07, 6.45) is 3.65. The fourth-order valence-corrected chi connectivity index (χ4v) is 2.64. The van der Waals surface area contributed by atoms with Gasteiger partial charge in [-0.3, -0.25) is 4.98 Å². The van der Waals surface area contributed by atoms with E-state index in [2.05, 4.69) is 15.6 Å². The number of benzene rings is 1. The van der Waals surface area contributed by atoms with Crippen LogP contribution in [0.3, 0.4) is 0 Å². The molecule has 0 atom stereocenters. The number of hydrogen-bond acceptors (Lipinski definition) is 3. The zero-order valence-electron chi connectivity index (χ0n) is 11.1. The molecule has 0 bridgehead atoms. The maximum Gasteiger partial charge on any atom is 0.170 e. The van der Waals surface area contributed by atoms with Crippen LogP contribution in [0.5, 0.6) is 0 Å². The summed E-state index contributed by atoms with van der Waals surface area (Å²) in [5.41, 5.74) is 2.31. The van der Waals surface area contributed by atoms with Gasteiger partial charge in [0.25, 0.3) is 0 Å². The molecule has 0 aliphatic heterocycles. The predicted octanol–water partition coefficient (Wildman–Crippen LogP) is 3.30. The molecule has 0 aliphatic rings. The SMILES string of the molecule is S=C(NCCSCc1ccncc1)Nc1ccccc1. The summed E-state index contributed by atoms with van der Waals surface area (Å²) >= 11 is 7.12. The van der Waals surface area contributed by atoms with E-state index in [-0.39, 0.29) is 0 Å². The van der Waals surface area contributed by atoms with Gasteiger partial charge in [0.2, 0.25) is 0 Å². The molecule has 0 unspecified atom stereocenters. The highest BCUT2D eigenvalue weighted by molar-refractivity contribution is 7.98. The number of hydrogen-bond donors (Lipinski definition) is 2. The molecule has 0 spiro atoms. The van der Waals surface area contributed by atoms with Gasteiger partial charge in [-0.05, 0) is 42.0 Å². The predicted molar refractivity (Wildman–Crippen MR) is 91.1 cm³/mol. The Kier molecular flexibility index (Phi) is 6.34. The molecular formula is C15H17N3S2. The van der Waals surface area contributed by atoms with Crippen LogP contribution in [0.1, 0.15) is 5.56 Å². The number of thiocarbonyl (C=S) groups is 1. The fourth-order valence-electron chi connectivity index (χ4n) is 1.60. The van der Waals surface area contributed by atoms with Crippen molar-refractivity contribution in [2.75, 3.05) is 17.6 Å². The number of thioether (sulfide) groups is 1. The average molecular weight is 303 g/mol. The molecule has 0 radical (unpaired) electrons. The second kappa shape index (κ2) is 8.55. The van der Waals surface area contributed by atoms with Gasteiger partial charge in [0.05, 0.1) is 0 Å². The molecular weight excluding hydrogens is 286 g/mol. The third kappa shape index (κ3) is 5.59. The molecule has 0 aliphatic carbocycles. The lowest BCUT2D eigenvalue weighted by atomic mass is 10.3. The Bertz CT molecular complexity index is 517. The van der Waals surface area contributed by atoms with Crippen molar-refractivity contribution in [2.24, 2.45) is 0 Å². The van der Waals surface area contributed by atoms with Gasteiger partial charge in [0.1, 0.15) is 0 Å². The first-order valence-corrected chi connectivity index (χ1v) is 7.97. The monoisotopic (exact) mass is 303 g/mol. The lowest BCUT2D eigenvalue weighted by Crippen LogP contribution is -2.30. The normalized spacial score (nSPS) is 10.0. The van der Waals surface area contributed by atoms with Crippen LogP contribution < -0.4 is 10.6 Å². The fraction of sp³-hybridized carbons (Fsp3) is 0.200. The van der Waals surface area contributed by atoms with E-state index in [1.165, 1.54) is 5.56 Å². The summed E-state index contributed by atoms with van der Waals surface area (Å²) in [4.78, 5) is 4.01. The molecule has 2 rings (SSSR count). The first kappa shape index (κ1) is 14.8. The Labute approximate surface area is 129 Å². The van der Waals surface area contributed by atoms with Crippen LogP contribution in [0.25, 0.3) is 0 Å². The summed E-state index contributed by atoms with van der Waals surface area (Å²) in [6.45, 7) is 0.856. The zero-order chi connectivity index (χ0) is 14.0. The Morgan fingerprint density at radius 3 is 2.60 bits per heavy atom. The maximum atomic E-state index is 5.24. The molecule has 3 nitrogen and oxygen atoms in total. The molecule has 5 heteroatoms. The van der Waals surface area contributed by atoms with Crippen molar-refractivity contribution in [3.05, 3.63) is 60.4 Å². The van der Waals surface area contributed by atoms with Gasteiger partial charge in [-0.2, -0.15) is 11.8 Å². The molecule has 0 saturated heterocycles. The van der Waals surface area contributed by atoms with Crippen LogP contribution in [0, 0.1) is 0 Å². The number of nitrogens with zero attached hydrogens (tertiary/aromatic N) is 1. The quantitative estimate of drug-likeness (QED) is 0.632. The minimum Gasteiger partial charge on any atom is -0.362 e. The number of pyridine rings is 1. The highest BCUT2D eigenvalue weighted by Gasteiger charge is 1.97. The van der Waals surface area contributed by atoms with E-state index in [4.69, 9.17) is 12.2 Å². The van der Waals surface area contributed by atoms with Crippen LogP contribution >= 0.6 is 24.0 Å². The van der Waals surface area contributed by atoms with Gasteiger partial charge in [-0.25, -0.2) is 0 Å². The third-order valence-electron chi connectivity index (χ3n) is 2.58. The standard InChI is InChI=1S/C15H17N3S2/c19-15(18-14-4-2-1-3-5-14)17-10-11-20-12-13-6-8-16-9-7-13/h1-9H,10-12H2,(H2,17,18,19). The average Bonchev–Trinajstić information content (AvgIpc) is 2.49. The van der Waals surface area contributed by atoms with Crippen LogP contribution in [0.2, 0.25) is 0 Å². The van der Waals surface area contributed by atoms with Crippen molar-refractivity contribution in [1.29, 1.82) is 0 Å². The largest absolute Gasteiger partial charge is 0.362 e. The van der Waals surface area contributed by atoms with E-state index in [0.29, 0.717) is 5.11 Å². The first-order chi connectivity index (χ1) is 9.84. The summed E-state index contributed by atoms with van der Waals surface area (Å²) < 4.78 is 0. The Balaban J connectivity index is 1.58. The van der Waals surface area contributed by atoms with Crippen molar-refractivity contribution in [2.45, 2.75) is 5.75 Å². The van der Waals surface area contributed by atoms with Crippen molar-refractivity contribution >= 4 is 34.8 Å². The molecule has 2 aromatic rings. The van der Waals surface area contributed by atoms with Gasteiger partial charge in [-0.1, -0.05) is 18.2 Å². The minimum atomic E-state index is 0.667. The molecule has 1 aromatic carbocycles. The zero-order valence-corrected chi connectivity index (χ0v) is 12.7. The van der Waals surface area contributed by atoms with E-state index in [9.17, 15) is 0 Å². The second-order valence-corrected chi connectivity index (χ2v) is 5.67. The molecule has 0 amide bonds. The molecule has 0 saturated carbocycles. The van der Waals surface area contributed by atoms with Crippen LogP contribution in [0.4, 0.5) is 5.69 Å². The third-order valence-corrected chi connectivity index (χ3v) is 3.86. The van der Waals surface area contributed by atoms with Gasteiger partial charge < -0.3 is 10.6 Å². The lowest BCUT2D eigenvalue weighted by Gasteiger charge is -2.10. The number of rotatable bonds is 6. The summed E-state index contributed by atoms with van der Waals surface area (Å²) in [5.74, 6) is 2.02. The number of nitrogens with one attached hydrogen (secondary N) is 2. The highest BCUT2D eigenvalue weighted by Crippen LogP contribution is 2.10. The highest BCUT2D eigenvalue weighted by atomic mass is 32.2. The van der Waals surface area contributed by atoms with Crippen LogP contribution in [0.15, 0.2) is 54.9 Å². The van der Waals surface area contributed by atoms with Gasteiger partial charge in [0.15, 0.2) is 5.11 Å². The molecule has 104 valence electrons. The van der Waals surface area contributed by atoms with E-state index < -0.39 is 0 Å². The maximum absolute atomic E-state index is 5.24. The van der Waals surface area contributed by atoms with Crippen LogP contribution in [-0.2, 0) is 5.75 Å². The van der Waals surface area contributed by atoms with Crippen molar-refractivity contribution in [3.8, 4) is 0 Å². The molecule has 20 heavy (non-hydrogen) atoms. The van der Waals surface area contributed by atoms with Crippen LogP contribution in [-0.4, -0.2) is 22.4 Å². The first-order valence-electron chi connectivity index (χ1n) is 6.41. The topological polar surface area (TPSA) is 37.0 Å². The molecule has 1 heterocycles. The Morgan fingerprint density at radius 1 is 1.10 bits per heavy atom. The second-order valence-electron chi connectivity index (χ2n) is 4.15. The van der Waals surface area contributed by atoms with Gasteiger partial charge >= 0.3 is 0 Å². The van der Waals surface area contributed by atoms with E-state index in [0.717, 1.165) is 23.7 Å². The van der Waals surface area contributed by atoms with E-state index >= 15 is 0 Å². The van der Waals surface area contributed by atoms with Crippen molar-refractivity contribution < 1.29 is 0 Å². The lowest BCUT2D eigenvalue weighted by molar-refractivity contribution is 0.989. The molecule has 1 aromatic heterocycles. The van der Waals surface area contributed by atoms with Crippen molar-refractivity contribution in [3.63, 3.8) is 0 Å². The summed E-state index contributed by atoms with van der Waals surface area (Å²) in [7, 11) is 0. The minimum absolute atomic E-state index is 0.667. The number of para-hydroxylation sites is 1. The van der Waals surface area contributed by atoms with Gasteiger partial charge in [0, 0.05) is 36.1 Å². The summed E-state index contributed by atoms with van der Waals surface area (Å²) in [5, 5.41) is 7.03. The number of aromatic nitrogens is 1. The van der Waals surface area contributed by atoms with Gasteiger partial charge in [-0.15, -0.1) is 0 Å².